The van der Waals surface area contributed by atoms with Gasteiger partial charge in [-0.2, -0.15) is 0 Å². The normalized spacial score (nSPS) is 19.9. The number of hydrogen-bond donors (Lipinski definition) is 1. The van der Waals surface area contributed by atoms with Crippen LogP contribution in [0.2, 0.25) is 0 Å². The Hall–Kier alpha value is -1.03. The molecule has 0 fully saturated rings. The molecule has 3 nitrogen and oxygen atoms in total. The Morgan fingerprint density at radius 3 is 3.07 bits per heavy atom. The van der Waals surface area contributed by atoms with Gasteiger partial charge in [-0.25, -0.2) is 0 Å². The summed E-state index contributed by atoms with van der Waals surface area (Å²) in [4.78, 5) is 10.9. The van der Waals surface area contributed by atoms with Gasteiger partial charge in [0.05, 0.1) is 10.4 Å². The zero-order chi connectivity index (χ0) is 10.8. The predicted molar refractivity (Wildman–Crippen MR) is 59.1 cm³/mol. The molecular formula is C11H11BrO3. The summed E-state index contributed by atoms with van der Waals surface area (Å²) < 4.78 is 6.42. The van der Waals surface area contributed by atoms with Crippen LogP contribution in [0.3, 0.4) is 0 Å². The van der Waals surface area contributed by atoms with E-state index in [9.17, 15) is 4.79 Å². The second-order valence-corrected chi connectivity index (χ2v) is 4.47. The van der Waals surface area contributed by atoms with Crippen molar-refractivity contribution in [3.05, 3.63) is 28.2 Å². The van der Waals surface area contributed by atoms with Crippen LogP contribution in [0, 0.1) is 5.92 Å². The first kappa shape index (κ1) is 10.5. The summed E-state index contributed by atoms with van der Waals surface area (Å²) in [6.07, 6.45) is 1.39. The van der Waals surface area contributed by atoms with E-state index in [4.69, 9.17) is 9.84 Å². The van der Waals surface area contributed by atoms with Crippen LogP contribution in [0.4, 0.5) is 0 Å². The highest BCUT2D eigenvalue weighted by atomic mass is 79.9. The summed E-state index contributed by atoms with van der Waals surface area (Å²) in [6.45, 7) is 0.255. The van der Waals surface area contributed by atoms with Gasteiger partial charge in [0.25, 0.3) is 0 Å². The molecule has 0 saturated heterocycles. The van der Waals surface area contributed by atoms with Crippen LogP contribution in [-0.2, 0) is 11.2 Å². The van der Waals surface area contributed by atoms with E-state index >= 15 is 0 Å². The molecule has 15 heavy (non-hydrogen) atoms. The Morgan fingerprint density at radius 1 is 1.53 bits per heavy atom. The van der Waals surface area contributed by atoms with Gasteiger partial charge >= 0.3 is 5.97 Å². The van der Waals surface area contributed by atoms with Crippen molar-refractivity contribution in [2.24, 2.45) is 5.92 Å². The largest absolute Gasteiger partial charge is 0.491 e. The minimum absolute atomic E-state index is 0.255. The quantitative estimate of drug-likeness (QED) is 0.853. The number of carboxylic acid groups (broad SMARTS) is 1. The van der Waals surface area contributed by atoms with E-state index in [-0.39, 0.29) is 6.61 Å². The maximum absolute atomic E-state index is 10.9. The van der Waals surface area contributed by atoms with E-state index in [0.29, 0.717) is 6.42 Å². The van der Waals surface area contributed by atoms with Crippen LogP contribution in [0.15, 0.2) is 22.7 Å². The second-order valence-electron chi connectivity index (χ2n) is 3.61. The third kappa shape index (κ3) is 2.15. The van der Waals surface area contributed by atoms with Gasteiger partial charge in [0.1, 0.15) is 12.4 Å². The van der Waals surface area contributed by atoms with Gasteiger partial charge < -0.3 is 9.84 Å². The molecule has 0 spiro atoms. The van der Waals surface area contributed by atoms with Gasteiger partial charge in [-0.15, -0.1) is 0 Å². The number of carbonyl (C=O) groups is 1. The molecule has 1 unspecified atom stereocenters. The summed E-state index contributed by atoms with van der Waals surface area (Å²) in [5.41, 5.74) is 1.08. The predicted octanol–water partition coefficient (Wildman–Crippen LogP) is 2.47. The lowest BCUT2D eigenvalue weighted by atomic mass is 10.0. The number of rotatable bonds is 1. The second kappa shape index (κ2) is 4.23. The average Bonchev–Trinajstić information content (AvgIpc) is 2.41. The smallest absolute Gasteiger partial charge is 0.309 e. The van der Waals surface area contributed by atoms with Crippen molar-refractivity contribution in [2.75, 3.05) is 6.61 Å². The fourth-order valence-electron chi connectivity index (χ4n) is 1.70. The topological polar surface area (TPSA) is 46.5 Å². The van der Waals surface area contributed by atoms with E-state index in [0.717, 1.165) is 22.2 Å². The zero-order valence-corrected chi connectivity index (χ0v) is 9.66. The van der Waals surface area contributed by atoms with Gasteiger partial charge in [-0.3, -0.25) is 4.79 Å². The fourth-order valence-corrected chi connectivity index (χ4v) is 2.23. The van der Waals surface area contributed by atoms with Crippen molar-refractivity contribution < 1.29 is 14.6 Å². The van der Waals surface area contributed by atoms with Crippen LogP contribution in [-0.4, -0.2) is 17.7 Å². The standard InChI is InChI=1S/C11H11BrO3/c12-9-3-1-2-7-4-5-8(11(13)14)6-15-10(7)9/h1-3,8H,4-6H2,(H,13,14). The molecule has 1 N–H and O–H groups in total. The Labute approximate surface area is 96.2 Å². The Morgan fingerprint density at radius 2 is 2.33 bits per heavy atom. The maximum Gasteiger partial charge on any atom is 0.309 e. The van der Waals surface area contributed by atoms with Gasteiger partial charge in [0.15, 0.2) is 0 Å². The first-order chi connectivity index (χ1) is 7.18. The van der Waals surface area contributed by atoms with Gasteiger partial charge in [-0.05, 0) is 40.4 Å². The summed E-state index contributed by atoms with van der Waals surface area (Å²) in [5, 5.41) is 8.92. The number of fused-ring (bicyclic) bond motifs is 1. The van der Waals surface area contributed by atoms with Crippen molar-refractivity contribution in [2.45, 2.75) is 12.8 Å². The van der Waals surface area contributed by atoms with Crippen LogP contribution < -0.4 is 4.74 Å². The Bertz CT molecular complexity index is 389. The molecule has 0 radical (unpaired) electrons. The molecule has 0 aliphatic carbocycles. The zero-order valence-electron chi connectivity index (χ0n) is 8.07. The van der Waals surface area contributed by atoms with Crippen LogP contribution in [0.5, 0.6) is 5.75 Å². The van der Waals surface area contributed by atoms with Gasteiger partial charge in [-0.1, -0.05) is 12.1 Å². The van der Waals surface area contributed by atoms with Crippen molar-refractivity contribution in [3.63, 3.8) is 0 Å². The molecule has 1 aromatic carbocycles. The Kier molecular flexibility index (Phi) is 2.95. The molecule has 1 aliphatic rings. The van der Waals surface area contributed by atoms with E-state index in [1.54, 1.807) is 0 Å². The number of ether oxygens (including phenoxy) is 1. The third-order valence-electron chi connectivity index (χ3n) is 2.59. The number of halogens is 1. The number of aliphatic carboxylic acids is 1. The minimum atomic E-state index is -0.779. The summed E-state index contributed by atoms with van der Waals surface area (Å²) in [6, 6.07) is 5.82. The fraction of sp³-hybridized carbons (Fsp3) is 0.364. The van der Waals surface area contributed by atoms with Crippen molar-refractivity contribution in [3.8, 4) is 5.75 Å². The average molecular weight is 271 g/mol. The Balaban J connectivity index is 2.25. The molecule has 0 bridgehead atoms. The molecule has 1 atom stereocenters. The lowest BCUT2D eigenvalue weighted by Gasteiger charge is -2.09. The highest BCUT2D eigenvalue weighted by Crippen LogP contribution is 2.33. The summed E-state index contributed by atoms with van der Waals surface area (Å²) in [5.74, 6) is -0.385. The van der Waals surface area contributed by atoms with E-state index in [2.05, 4.69) is 15.9 Å². The highest BCUT2D eigenvalue weighted by molar-refractivity contribution is 9.10. The summed E-state index contributed by atoms with van der Waals surface area (Å²) in [7, 11) is 0. The van der Waals surface area contributed by atoms with Gasteiger partial charge in [0.2, 0.25) is 0 Å². The van der Waals surface area contributed by atoms with Gasteiger partial charge in [0, 0.05) is 0 Å². The van der Waals surface area contributed by atoms with E-state index in [1.165, 1.54) is 0 Å². The first-order valence-corrected chi connectivity index (χ1v) is 5.61. The van der Waals surface area contributed by atoms with Crippen LogP contribution >= 0.6 is 15.9 Å². The van der Waals surface area contributed by atoms with Crippen LogP contribution in [0.1, 0.15) is 12.0 Å². The maximum atomic E-state index is 10.9. The number of para-hydroxylation sites is 1. The molecule has 0 amide bonds. The minimum Gasteiger partial charge on any atom is -0.491 e. The van der Waals surface area contributed by atoms with Crippen molar-refractivity contribution in [1.29, 1.82) is 0 Å². The molecule has 2 rings (SSSR count). The monoisotopic (exact) mass is 270 g/mol. The lowest BCUT2D eigenvalue weighted by molar-refractivity contribution is -0.142. The third-order valence-corrected chi connectivity index (χ3v) is 3.21. The molecule has 0 aromatic heterocycles. The molecule has 80 valence electrons. The number of carboxylic acids is 1. The molecule has 0 saturated carbocycles. The number of aryl methyl sites for hydroxylation is 1. The molecular weight excluding hydrogens is 260 g/mol. The first-order valence-electron chi connectivity index (χ1n) is 4.81. The molecule has 1 aliphatic heterocycles. The number of benzene rings is 1. The van der Waals surface area contributed by atoms with Crippen molar-refractivity contribution in [1.82, 2.24) is 0 Å². The molecule has 1 aromatic rings. The SMILES string of the molecule is O=C(O)C1CCc2cccc(Br)c2OC1. The molecule has 4 heteroatoms. The lowest BCUT2D eigenvalue weighted by Crippen LogP contribution is -2.20. The van der Waals surface area contributed by atoms with Crippen molar-refractivity contribution >= 4 is 21.9 Å². The number of hydrogen-bond acceptors (Lipinski definition) is 2. The summed E-state index contributed by atoms with van der Waals surface area (Å²) >= 11 is 3.40. The molecule has 1 heterocycles. The van der Waals surface area contributed by atoms with E-state index < -0.39 is 11.9 Å². The highest BCUT2D eigenvalue weighted by Gasteiger charge is 2.23. The van der Waals surface area contributed by atoms with Crippen LogP contribution in [0.25, 0.3) is 0 Å². The van der Waals surface area contributed by atoms with E-state index in [1.807, 2.05) is 18.2 Å².